The monoisotopic (exact) mass is 203 g/mol. The van der Waals surface area contributed by atoms with Gasteiger partial charge in [-0.25, -0.2) is 0 Å². The number of thioether (sulfide) groups is 1. The second-order valence-corrected chi connectivity index (χ2v) is 4.72. The second kappa shape index (κ2) is 6.68. The fourth-order valence-electron chi connectivity index (χ4n) is 1.72. The van der Waals surface area contributed by atoms with Crippen molar-refractivity contribution in [1.29, 1.82) is 0 Å². The van der Waals surface area contributed by atoms with Gasteiger partial charge in [-0.2, -0.15) is 11.8 Å². The summed E-state index contributed by atoms with van der Waals surface area (Å²) in [6, 6.07) is 0.567. The maximum absolute atomic E-state index is 5.48. The molecule has 13 heavy (non-hydrogen) atoms. The van der Waals surface area contributed by atoms with E-state index in [-0.39, 0.29) is 0 Å². The molecule has 1 N–H and O–H groups in total. The van der Waals surface area contributed by atoms with Gasteiger partial charge in [0.2, 0.25) is 0 Å². The third kappa shape index (κ3) is 3.88. The van der Waals surface area contributed by atoms with E-state index < -0.39 is 0 Å². The topological polar surface area (TPSA) is 21.3 Å². The quantitative estimate of drug-likeness (QED) is 0.712. The third-order valence-corrected chi connectivity index (χ3v) is 3.90. The molecule has 2 nitrogen and oxygen atoms in total. The highest BCUT2D eigenvalue weighted by atomic mass is 32.2. The zero-order valence-corrected chi connectivity index (χ0v) is 9.53. The van der Waals surface area contributed by atoms with E-state index in [1.165, 1.54) is 18.6 Å². The summed E-state index contributed by atoms with van der Waals surface area (Å²) in [5.41, 5.74) is 0. The smallest absolute Gasteiger partial charge is 0.0630 e. The Hall–Kier alpha value is 0.270. The van der Waals surface area contributed by atoms with E-state index in [0.717, 1.165) is 25.0 Å². The van der Waals surface area contributed by atoms with Crippen molar-refractivity contribution in [3.63, 3.8) is 0 Å². The molecule has 0 amide bonds. The molecule has 2 unspecified atom stereocenters. The predicted molar refractivity (Wildman–Crippen MR) is 59.4 cm³/mol. The van der Waals surface area contributed by atoms with Crippen LogP contribution >= 0.6 is 11.8 Å². The molecule has 1 rings (SSSR count). The molecule has 0 radical (unpaired) electrons. The molecule has 1 saturated heterocycles. The maximum atomic E-state index is 5.48. The lowest BCUT2D eigenvalue weighted by atomic mass is 10.1. The molecule has 3 heteroatoms. The Morgan fingerprint density at radius 3 is 2.92 bits per heavy atom. The van der Waals surface area contributed by atoms with Crippen LogP contribution in [0.15, 0.2) is 0 Å². The first-order chi connectivity index (χ1) is 6.38. The Bertz CT molecular complexity index is 126. The van der Waals surface area contributed by atoms with Crippen molar-refractivity contribution in [3.8, 4) is 0 Å². The zero-order chi connectivity index (χ0) is 9.52. The Morgan fingerprint density at radius 2 is 2.38 bits per heavy atom. The highest BCUT2D eigenvalue weighted by molar-refractivity contribution is 8.00. The Balaban J connectivity index is 2.26. The fraction of sp³-hybridized carbons (Fsp3) is 1.00. The van der Waals surface area contributed by atoms with Crippen molar-refractivity contribution in [2.24, 2.45) is 0 Å². The van der Waals surface area contributed by atoms with Gasteiger partial charge in [-0.15, -0.1) is 0 Å². The first-order valence-corrected chi connectivity index (χ1v) is 6.36. The first kappa shape index (κ1) is 11.3. The second-order valence-electron chi connectivity index (χ2n) is 3.38. The molecule has 0 aromatic rings. The summed E-state index contributed by atoms with van der Waals surface area (Å²) in [6.07, 6.45) is 2.73. The van der Waals surface area contributed by atoms with Crippen LogP contribution in [-0.4, -0.2) is 36.8 Å². The zero-order valence-electron chi connectivity index (χ0n) is 8.71. The van der Waals surface area contributed by atoms with E-state index in [2.05, 4.69) is 30.9 Å². The number of hydrogen-bond acceptors (Lipinski definition) is 3. The molecule has 1 aliphatic rings. The lowest BCUT2D eigenvalue weighted by molar-refractivity contribution is 0.122. The van der Waals surface area contributed by atoms with E-state index in [1.54, 1.807) is 0 Å². The molecule has 0 saturated carbocycles. The number of rotatable bonds is 6. The van der Waals surface area contributed by atoms with Crippen LogP contribution in [0.2, 0.25) is 0 Å². The third-order valence-electron chi connectivity index (χ3n) is 2.38. The number of nitrogens with one attached hydrogen (secondary N) is 1. The van der Waals surface area contributed by atoms with Crippen LogP contribution in [0, 0.1) is 0 Å². The Kier molecular flexibility index (Phi) is 5.83. The van der Waals surface area contributed by atoms with Gasteiger partial charge in [0.25, 0.3) is 0 Å². The van der Waals surface area contributed by atoms with Crippen molar-refractivity contribution in [3.05, 3.63) is 0 Å². The van der Waals surface area contributed by atoms with Crippen LogP contribution in [0.1, 0.15) is 26.7 Å². The summed E-state index contributed by atoms with van der Waals surface area (Å²) in [6.45, 7) is 6.99. The summed E-state index contributed by atoms with van der Waals surface area (Å²) in [5, 5.41) is 4.30. The lowest BCUT2D eigenvalue weighted by Gasteiger charge is -2.23. The number of likely N-dealkylation sites (N-methyl/N-ethyl adjacent to an activating group) is 1. The van der Waals surface area contributed by atoms with Crippen LogP contribution in [0.3, 0.4) is 0 Å². The van der Waals surface area contributed by atoms with Crippen LogP contribution in [-0.2, 0) is 4.74 Å². The average Bonchev–Trinajstić information content (AvgIpc) is 2.65. The van der Waals surface area contributed by atoms with Gasteiger partial charge in [0.1, 0.15) is 0 Å². The standard InChI is InChI=1S/C10H21NOS/c1-3-11-9(8-12-4-2)10-6-5-7-13-10/h9-11H,3-8H2,1-2H3. The minimum Gasteiger partial charge on any atom is -0.380 e. The van der Waals surface area contributed by atoms with Gasteiger partial charge in [0.15, 0.2) is 0 Å². The SMILES string of the molecule is CCNC(COCC)C1CCCS1. The van der Waals surface area contributed by atoms with Crippen LogP contribution in [0.5, 0.6) is 0 Å². The molecule has 1 fully saturated rings. The van der Waals surface area contributed by atoms with Gasteiger partial charge < -0.3 is 10.1 Å². The Morgan fingerprint density at radius 1 is 1.54 bits per heavy atom. The molecule has 2 atom stereocenters. The average molecular weight is 203 g/mol. The molecule has 0 aromatic heterocycles. The van der Waals surface area contributed by atoms with E-state index >= 15 is 0 Å². The predicted octanol–water partition coefficient (Wildman–Crippen LogP) is 1.90. The van der Waals surface area contributed by atoms with Crippen LogP contribution in [0.4, 0.5) is 0 Å². The summed E-state index contributed by atoms with van der Waals surface area (Å²) in [4.78, 5) is 0. The van der Waals surface area contributed by atoms with Crippen molar-refractivity contribution in [2.45, 2.75) is 38.0 Å². The Labute approximate surface area is 85.8 Å². The van der Waals surface area contributed by atoms with Gasteiger partial charge >= 0.3 is 0 Å². The molecular formula is C10H21NOS. The minimum atomic E-state index is 0.567. The molecule has 0 aliphatic carbocycles. The molecule has 1 heterocycles. The van der Waals surface area contributed by atoms with Gasteiger partial charge in [-0.1, -0.05) is 6.92 Å². The summed E-state index contributed by atoms with van der Waals surface area (Å²) < 4.78 is 5.48. The lowest BCUT2D eigenvalue weighted by Crippen LogP contribution is -2.40. The summed E-state index contributed by atoms with van der Waals surface area (Å²) in [5.74, 6) is 1.33. The van der Waals surface area contributed by atoms with E-state index in [4.69, 9.17) is 4.74 Å². The van der Waals surface area contributed by atoms with Crippen molar-refractivity contribution < 1.29 is 4.74 Å². The van der Waals surface area contributed by atoms with Crippen molar-refractivity contribution in [1.82, 2.24) is 5.32 Å². The van der Waals surface area contributed by atoms with Crippen LogP contribution < -0.4 is 5.32 Å². The van der Waals surface area contributed by atoms with E-state index in [0.29, 0.717) is 6.04 Å². The highest BCUT2D eigenvalue weighted by Crippen LogP contribution is 2.28. The largest absolute Gasteiger partial charge is 0.380 e. The molecule has 0 aromatic carbocycles. The van der Waals surface area contributed by atoms with Gasteiger partial charge in [0, 0.05) is 17.9 Å². The fourth-order valence-corrected chi connectivity index (χ4v) is 3.10. The molecule has 1 aliphatic heterocycles. The summed E-state index contributed by atoms with van der Waals surface area (Å²) in [7, 11) is 0. The molecule has 0 bridgehead atoms. The molecular weight excluding hydrogens is 182 g/mol. The van der Waals surface area contributed by atoms with Gasteiger partial charge in [0.05, 0.1) is 6.61 Å². The minimum absolute atomic E-state index is 0.567. The van der Waals surface area contributed by atoms with E-state index in [9.17, 15) is 0 Å². The van der Waals surface area contributed by atoms with Gasteiger partial charge in [-0.05, 0) is 32.1 Å². The molecule has 78 valence electrons. The highest BCUT2D eigenvalue weighted by Gasteiger charge is 2.24. The number of hydrogen-bond donors (Lipinski definition) is 1. The van der Waals surface area contributed by atoms with Crippen molar-refractivity contribution in [2.75, 3.05) is 25.5 Å². The van der Waals surface area contributed by atoms with Crippen molar-refractivity contribution >= 4 is 11.8 Å². The van der Waals surface area contributed by atoms with Crippen LogP contribution in [0.25, 0.3) is 0 Å². The van der Waals surface area contributed by atoms with E-state index in [1.807, 2.05) is 0 Å². The molecule has 0 spiro atoms. The number of ether oxygens (including phenoxy) is 1. The maximum Gasteiger partial charge on any atom is 0.0630 e. The van der Waals surface area contributed by atoms with Gasteiger partial charge in [-0.3, -0.25) is 0 Å². The normalized spacial score (nSPS) is 24.9. The summed E-state index contributed by atoms with van der Waals surface area (Å²) >= 11 is 2.10. The first-order valence-electron chi connectivity index (χ1n) is 5.31.